The molecule has 2 saturated carbocycles. The summed E-state index contributed by atoms with van der Waals surface area (Å²) >= 11 is 0. The number of hydrogen-bond acceptors (Lipinski definition) is 2. The number of fused-ring (bicyclic) bond motifs is 1. The molecule has 108 valence electrons. The first-order valence-electron chi connectivity index (χ1n) is 8.10. The topological polar surface area (TPSA) is 23.6 Å². The molecule has 1 aliphatic heterocycles. The van der Waals surface area contributed by atoms with E-state index in [9.17, 15) is 4.79 Å². The summed E-state index contributed by atoms with van der Waals surface area (Å²) in [4.78, 5) is 17.1. The van der Waals surface area contributed by atoms with Gasteiger partial charge in [-0.15, -0.1) is 0 Å². The van der Waals surface area contributed by atoms with Crippen molar-refractivity contribution in [1.82, 2.24) is 9.80 Å². The monoisotopic (exact) mass is 264 g/mol. The molecule has 3 aliphatic rings. The largest absolute Gasteiger partial charge is 0.342 e. The predicted octanol–water partition coefficient (Wildman–Crippen LogP) is 2.22. The number of amides is 1. The predicted molar refractivity (Wildman–Crippen MR) is 76.8 cm³/mol. The van der Waals surface area contributed by atoms with E-state index in [-0.39, 0.29) is 0 Å². The lowest BCUT2D eigenvalue weighted by atomic mass is 9.97. The average Bonchev–Trinajstić information content (AvgIpc) is 3.11. The summed E-state index contributed by atoms with van der Waals surface area (Å²) in [5.74, 6) is 3.13. The van der Waals surface area contributed by atoms with E-state index in [4.69, 9.17) is 0 Å². The van der Waals surface area contributed by atoms with Crippen LogP contribution in [0.5, 0.6) is 0 Å². The summed E-state index contributed by atoms with van der Waals surface area (Å²) in [6.45, 7) is 3.15. The smallest absolute Gasteiger partial charge is 0.226 e. The van der Waals surface area contributed by atoms with Gasteiger partial charge in [-0.2, -0.15) is 0 Å². The first-order chi connectivity index (χ1) is 9.16. The molecule has 0 spiro atoms. The third-order valence-corrected chi connectivity index (χ3v) is 5.40. The molecular weight excluding hydrogens is 236 g/mol. The van der Waals surface area contributed by atoms with Crippen LogP contribution in [0.15, 0.2) is 0 Å². The van der Waals surface area contributed by atoms with Crippen molar-refractivity contribution in [3.8, 4) is 0 Å². The number of carbonyl (C=O) groups excluding carboxylic acids is 1. The van der Waals surface area contributed by atoms with Gasteiger partial charge in [0.2, 0.25) is 5.91 Å². The van der Waals surface area contributed by atoms with Crippen molar-refractivity contribution in [1.29, 1.82) is 0 Å². The summed E-state index contributed by atoms with van der Waals surface area (Å²) in [5, 5.41) is 0. The van der Waals surface area contributed by atoms with Crippen molar-refractivity contribution in [2.75, 3.05) is 33.7 Å². The van der Waals surface area contributed by atoms with E-state index in [0.29, 0.717) is 17.7 Å². The Balaban J connectivity index is 1.55. The Morgan fingerprint density at radius 1 is 1.11 bits per heavy atom. The normalized spacial score (nSPS) is 38.2. The maximum absolute atomic E-state index is 12.7. The van der Waals surface area contributed by atoms with Crippen LogP contribution in [0.3, 0.4) is 0 Å². The van der Waals surface area contributed by atoms with Crippen LogP contribution in [0.25, 0.3) is 0 Å². The molecule has 3 rings (SSSR count). The quantitative estimate of drug-likeness (QED) is 0.780. The van der Waals surface area contributed by atoms with Crippen molar-refractivity contribution in [2.24, 2.45) is 23.7 Å². The van der Waals surface area contributed by atoms with E-state index >= 15 is 0 Å². The SMILES string of the molecule is CN(C)CC1CCCN(C(=O)C2C3CCCCC32)C1. The lowest BCUT2D eigenvalue weighted by Gasteiger charge is -2.34. The molecule has 3 atom stereocenters. The minimum absolute atomic E-state index is 0.417. The number of nitrogens with zero attached hydrogens (tertiary/aromatic N) is 2. The number of hydrogen-bond donors (Lipinski definition) is 0. The molecule has 0 aromatic heterocycles. The maximum atomic E-state index is 12.7. The van der Waals surface area contributed by atoms with E-state index in [0.717, 1.165) is 31.5 Å². The van der Waals surface area contributed by atoms with Crippen LogP contribution in [-0.2, 0) is 4.79 Å². The van der Waals surface area contributed by atoms with E-state index < -0.39 is 0 Å². The minimum Gasteiger partial charge on any atom is -0.342 e. The van der Waals surface area contributed by atoms with Gasteiger partial charge in [0, 0.05) is 25.6 Å². The summed E-state index contributed by atoms with van der Waals surface area (Å²) in [6.07, 6.45) is 7.83. The fraction of sp³-hybridized carbons (Fsp3) is 0.938. The summed E-state index contributed by atoms with van der Waals surface area (Å²) in [7, 11) is 4.27. The average molecular weight is 264 g/mol. The third kappa shape index (κ3) is 2.81. The molecular formula is C16H28N2O. The van der Waals surface area contributed by atoms with Gasteiger partial charge in [0.05, 0.1) is 0 Å². The fourth-order valence-electron chi connectivity index (χ4n) is 4.50. The number of rotatable bonds is 3. The van der Waals surface area contributed by atoms with Crippen molar-refractivity contribution >= 4 is 5.91 Å². The second-order valence-corrected chi connectivity index (χ2v) is 7.19. The zero-order chi connectivity index (χ0) is 13.4. The van der Waals surface area contributed by atoms with Crippen LogP contribution >= 0.6 is 0 Å². The lowest BCUT2D eigenvalue weighted by molar-refractivity contribution is -0.135. The van der Waals surface area contributed by atoms with Gasteiger partial charge in [0.15, 0.2) is 0 Å². The highest BCUT2D eigenvalue weighted by molar-refractivity contribution is 5.82. The molecule has 0 aromatic rings. The van der Waals surface area contributed by atoms with Gasteiger partial charge in [-0.3, -0.25) is 4.79 Å². The molecule has 3 nitrogen and oxygen atoms in total. The second kappa shape index (κ2) is 5.43. The molecule has 2 aliphatic carbocycles. The molecule has 0 N–H and O–H groups in total. The molecule has 1 heterocycles. The molecule has 3 heteroatoms. The van der Waals surface area contributed by atoms with Crippen molar-refractivity contribution < 1.29 is 4.79 Å². The summed E-state index contributed by atoms with van der Waals surface area (Å²) in [5.41, 5.74) is 0. The summed E-state index contributed by atoms with van der Waals surface area (Å²) in [6, 6.07) is 0. The van der Waals surface area contributed by atoms with Gasteiger partial charge < -0.3 is 9.80 Å². The van der Waals surface area contributed by atoms with Crippen LogP contribution in [0.4, 0.5) is 0 Å². The Morgan fingerprint density at radius 3 is 2.42 bits per heavy atom. The lowest BCUT2D eigenvalue weighted by Crippen LogP contribution is -2.43. The molecule has 19 heavy (non-hydrogen) atoms. The van der Waals surface area contributed by atoms with Crippen molar-refractivity contribution in [2.45, 2.75) is 38.5 Å². The molecule has 0 aromatic carbocycles. The highest BCUT2D eigenvalue weighted by Crippen LogP contribution is 2.56. The maximum Gasteiger partial charge on any atom is 0.226 e. The highest BCUT2D eigenvalue weighted by atomic mass is 16.2. The number of likely N-dealkylation sites (tertiary alicyclic amines) is 1. The third-order valence-electron chi connectivity index (χ3n) is 5.40. The van der Waals surface area contributed by atoms with Gasteiger partial charge in [-0.25, -0.2) is 0 Å². The van der Waals surface area contributed by atoms with Gasteiger partial charge in [0.1, 0.15) is 0 Å². The fourth-order valence-corrected chi connectivity index (χ4v) is 4.50. The van der Waals surface area contributed by atoms with Gasteiger partial charge in [-0.05, 0) is 57.5 Å². The zero-order valence-corrected chi connectivity index (χ0v) is 12.5. The second-order valence-electron chi connectivity index (χ2n) is 7.19. The van der Waals surface area contributed by atoms with E-state index in [1.54, 1.807) is 0 Å². The highest BCUT2D eigenvalue weighted by Gasteiger charge is 2.55. The Labute approximate surface area is 117 Å². The molecule has 1 amide bonds. The number of carbonyl (C=O) groups is 1. The molecule has 3 unspecified atom stereocenters. The van der Waals surface area contributed by atoms with E-state index in [1.165, 1.54) is 38.5 Å². The Hall–Kier alpha value is -0.570. The first kappa shape index (κ1) is 13.4. The molecule has 1 saturated heterocycles. The molecule has 3 fully saturated rings. The Kier molecular flexibility index (Phi) is 3.84. The van der Waals surface area contributed by atoms with Gasteiger partial charge in [0.25, 0.3) is 0 Å². The minimum atomic E-state index is 0.417. The standard InChI is InChI=1S/C16H28N2O/c1-17(2)10-12-6-5-9-18(11-12)16(19)15-13-7-3-4-8-14(13)15/h12-15H,3-11H2,1-2H3. The van der Waals surface area contributed by atoms with Crippen LogP contribution in [0, 0.1) is 23.7 Å². The van der Waals surface area contributed by atoms with E-state index in [2.05, 4.69) is 23.9 Å². The van der Waals surface area contributed by atoms with Gasteiger partial charge >= 0.3 is 0 Å². The van der Waals surface area contributed by atoms with Crippen LogP contribution in [0.1, 0.15) is 38.5 Å². The Bertz CT molecular complexity index is 330. The number of piperidine rings is 1. The molecule has 0 bridgehead atoms. The van der Waals surface area contributed by atoms with E-state index in [1.807, 2.05) is 0 Å². The Morgan fingerprint density at radius 2 is 1.79 bits per heavy atom. The van der Waals surface area contributed by atoms with Crippen molar-refractivity contribution in [3.05, 3.63) is 0 Å². The zero-order valence-electron chi connectivity index (χ0n) is 12.5. The van der Waals surface area contributed by atoms with Gasteiger partial charge in [-0.1, -0.05) is 12.8 Å². The van der Waals surface area contributed by atoms with Crippen LogP contribution in [0.2, 0.25) is 0 Å². The van der Waals surface area contributed by atoms with Crippen LogP contribution < -0.4 is 0 Å². The van der Waals surface area contributed by atoms with Crippen LogP contribution in [-0.4, -0.2) is 49.4 Å². The summed E-state index contributed by atoms with van der Waals surface area (Å²) < 4.78 is 0. The first-order valence-corrected chi connectivity index (χ1v) is 8.10. The van der Waals surface area contributed by atoms with Crippen molar-refractivity contribution in [3.63, 3.8) is 0 Å². The molecule has 0 radical (unpaired) electrons.